The lowest BCUT2D eigenvalue weighted by Gasteiger charge is -2.57. The van der Waals surface area contributed by atoms with Crippen molar-refractivity contribution in [2.24, 2.45) is 21.7 Å². The third-order valence-electron chi connectivity index (χ3n) is 6.68. The van der Waals surface area contributed by atoms with Gasteiger partial charge in [0.05, 0.1) is 0 Å². The van der Waals surface area contributed by atoms with Crippen molar-refractivity contribution < 1.29 is 4.79 Å². The number of ketones is 1. The van der Waals surface area contributed by atoms with Gasteiger partial charge < -0.3 is 0 Å². The van der Waals surface area contributed by atoms with Crippen LogP contribution < -0.4 is 0 Å². The Morgan fingerprint density at radius 3 is 2.25 bits per heavy atom. The third-order valence-corrected chi connectivity index (χ3v) is 6.68. The fraction of sp³-hybridized carbons (Fsp3) is 0.933. The minimum atomic E-state index is 0.00174. The van der Waals surface area contributed by atoms with Gasteiger partial charge in [-0.25, -0.2) is 0 Å². The number of Topliss-reactive ketones (excluding diaryl/α,β-unsaturated/α-hetero) is 1. The van der Waals surface area contributed by atoms with E-state index in [1.807, 2.05) is 0 Å². The van der Waals surface area contributed by atoms with E-state index in [2.05, 4.69) is 27.7 Å². The SMILES string of the molecule is CC12CCC3(C1)C(C)(C)CCCC3(C)C2=O. The molecule has 0 aromatic heterocycles. The van der Waals surface area contributed by atoms with Crippen LogP contribution in [0.4, 0.5) is 0 Å². The minimum Gasteiger partial charge on any atom is -0.298 e. The monoisotopic (exact) mass is 220 g/mol. The summed E-state index contributed by atoms with van der Waals surface area (Å²) >= 11 is 0. The first-order valence-corrected chi connectivity index (χ1v) is 6.83. The molecule has 0 radical (unpaired) electrons. The fourth-order valence-corrected chi connectivity index (χ4v) is 5.68. The molecule has 0 N–H and O–H groups in total. The van der Waals surface area contributed by atoms with Crippen molar-refractivity contribution in [1.29, 1.82) is 0 Å². The van der Waals surface area contributed by atoms with Gasteiger partial charge in [-0.15, -0.1) is 0 Å². The van der Waals surface area contributed by atoms with Crippen LogP contribution in [0.2, 0.25) is 0 Å². The van der Waals surface area contributed by atoms with Gasteiger partial charge in [-0.2, -0.15) is 0 Å². The molecule has 16 heavy (non-hydrogen) atoms. The molecule has 1 nitrogen and oxygen atoms in total. The molecule has 3 aliphatic carbocycles. The molecule has 0 aromatic rings. The van der Waals surface area contributed by atoms with Crippen LogP contribution in [0.1, 0.15) is 66.2 Å². The lowest BCUT2D eigenvalue weighted by Crippen LogP contribution is -2.53. The molecule has 0 saturated heterocycles. The van der Waals surface area contributed by atoms with Crippen LogP contribution in [0.3, 0.4) is 0 Å². The summed E-state index contributed by atoms with van der Waals surface area (Å²) in [5.41, 5.74) is 0.714. The molecule has 0 amide bonds. The van der Waals surface area contributed by atoms with Gasteiger partial charge in [-0.1, -0.05) is 34.1 Å². The van der Waals surface area contributed by atoms with Gasteiger partial charge in [0.25, 0.3) is 0 Å². The van der Waals surface area contributed by atoms with Crippen molar-refractivity contribution >= 4 is 5.78 Å². The summed E-state index contributed by atoms with van der Waals surface area (Å²) in [6.07, 6.45) is 7.30. The molecule has 0 heterocycles. The van der Waals surface area contributed by atoms with Crippen molar-refractivity contribution in [3.63, 3.8) is 0 Å². The van der Waals surface area contributed by atoms with E-state index in [1.165, 1.54) is 25.7 Å². The van der Waals surface area contributed by atoms with E-state index in [0.29, 0.717) is 16.6 Å². The Bertz CT molecular complexity index is 370. The Balaban J connectivity index is 2.19. The second kappa shape index (κ2) is 2.57. The molecule has 3 atom stereocenters. The highest BCUT2D eigenvalue weighted by Gasteiger charge is 2.74. The topological polar surface area (TPSA) is 17.1 Å². The van der Waals surface area contributed by atoms with Gasteiger partial charge in [0.1, 0.15) is 5.78 Å². The summed E-state index contributed by atoms with van der Waals surface area (Å²) in [6.45, 7) is 9.33. The first-order valence-electron chi connectivity index (χ1n) is 6.83. The van der Waals surface area contributed by atoms with Crippen molar-refractivity contribution in [3.8, 4) is 0 Å². The molecule has 0 aliphatic heterocycles. The maximum absolute atomic E-state index is 12.7. The highest BCUT2D eigenvalue weighted by atomic mass is 16.1. The van der Waals surface area contributed by atoms with E-state index in [9.17, 15) is 4.79 Å². The van der Waals surface area contributed by atoms with Gasteiger partial charge in [-0.05, 0) is 42.9 Å². The Morgan fingerprint density at radius 2 is 1.62 bits per heavy atom. The average Bonchev–Trinajstić information content (AvgIpc) is 2.62. The summed E-state index contributed by atoms with van der Waals surface area (Å²) in [4.78, 5) is 12.7. The molecule has 1 heteroatoms. The predicted octanol–water partition coefficient (Wildman–Crippen LogP) is 3.96. The number of carbonyl (C=O) groups excluding carboxylic acids is 1. The largest absolute Gasteiger partial charge is 0.298 e. The molecule has 0 aromatic carbocycles. The Kier molecular flexibility index (Phi) is 1.73. The highest BCUT2D eigenvalue weighted by Crippen LogP contribution is 2.77. The summed E-state index contributed by atoms with van der Waals surface area (Å²) in [5, 5.41) is 0. The van der Waals surface area contributed by atoms with Crippen molar-refractivity contribution in [3.05, 3.63) is 0 Å². The van der Waals surface area contributed by atoms with Crippen molar-refractivity contribution in [2.45, 2.75) is 66.2 Å². The van der Waals surface area contributed by atoms with Crippen LogP contribution in [0.5, 0.6) is 0 Å². The number of fused-ring (bicyclic) bond motifs is 1. The Morgan fingerprint density at radius 1 is 0.938 bits per heavy atom. The van der Waals surface area contributed by atoms with Gasteiger partial charge in [0.2, 0.25) is 0 Å². The van der Waals surface area contributed by atoms with Gasteiger partial charge in [0.15, 0.2) is 0 Å². The van der Waals surface area contributed by atoms with Crippen LogP contribution in [-0.2, 0) is 4.79 Å². The summed E-state index contributed by atoms with van der Waals surface area (Å²) in [5.74, 6) is 0.596. The van der Waals surface area contributed by atoms with Gasteiger partial charge in [-0.3, -0.25) is 4.79 Å². The summed E-state index contributed by atoms with van der Waals surface area (Å²) in [7, 11) is 0. The smallest absolute Gasteiger partial charge is 0.145 e. The average molecular weight is 220 g/mol. The van der Waals surface area contributed by atoms with E-state index in [1.54, 1.807) is 0 Å². The molecular weight excluding hydrogens is 196 g/mol. The third kappa shape index (κ3) is 0.855. The zero-order chi connectivity index (χ0) is 11.8. The molecule has 3 saturated carbocycles. The first-order chi connectivity index (χ1) is 7.28. The zero-order valence-electron chi connectivity index (χ0n) is 11.2. The number of hydrogen-bond donors (Lipinski definition) is 0. The maximum Gasteiger partial charge on any atom is 0.145 e. The lowest BCUT2D eigenvalue weighted by molar-refractivity contribution is -0.150. The molecule has 90 valence electrons. The molecular formula is C15H24O. The fourth-order valence-electron chi connectivity index (χ4n) is 5.68. The molecule has 1 spiro atoms. The summed E-state index contributed by atoms with van der Waals surface area (Å²) in [6, 6.07) is 0. The molecule has 3 rings (SSSR count). The van der Waals surface area contributed by atoms with Crippen molar-refractivity contribution in [2.75, 3.05) is 0 Å². The number of carbonyl (C=O) groups is 1. The second-order valence-electron chi connectivity index (χ2n) is 7.72. The zero-order valence-corrected chi connectivity index (χ0v) is 11.2. The van der Waals surface area contributed by atoms with E-state index in [-0.39, 0.29) is 10.8 Å². The van der Waals surface area contributed by atoms with Crippen molar-refractivity contribution in [1.82, 2.24) is 0 Å². The van der Waals surface area contributed by atoms with E-state index in [4.69, 9.17) is 0 Å². The molecule has 3 aliphatic rings. The van der Waals surface area contributed by atoms with Crippen LogP contribution in [0, 0.1) is 21.7 Å². The van der Waals surface area contributed by atoms with E-state index in [0.717, 1.165) is 12.8 Å². The first kappa shape index (κ1) is 10.8. The summed E-state index contributed by atoms with van der Waals surface area (Å²) < 4.78 is 0. The maximum atomic E-state index is 12.7. The molecule has 2 bridgehead atoms. The Hall–Kier alpha value is -0.330. The second-order valence-corrected chi connectivity index (χ2v) is 7.72. The van der Waals surface area contributed by atoms with Crippen LogP contribution >= 0.6 is 0 Å². The van der Waals surface area contributed by atoms with Crippen LogP contribution in [-0.4, -0.2) is 5.78 Å². The van der Waals surface area contributed by atoms with E-state index < -0.39 is 0 Å². The predicted molar refractivity (Wildman–Crippen MR) is 65.1 cm³/mol. The standard InChI is InChI=1S/C15H24O/c1-12(2)6-5-7-14(4)11(16)13(3)8-9-15(12,14)10-13/h5-10H2,1-4H3. The normalized spacial score (nSPS) is 54.1. The Labute approximate surface area is 99.0 Å². The van der Waals surface area contributed by atoms with Gasteiger partial charge in [0, 0.05) is 10.8 Å². The minimum absolute atomic E-state index is 0.00174. The van der Waals surface area contributed by atoms with E-state index >= 15 is 0 Å². The highest BCUT2D eigenvalue weighted by molar-refractivity contribution is 5.94. The number of rotatable bonds is 0. The molecule has 3 fully saturated rings. The lowest BCUT2D eigenvalue weighted by atomic mass is 9.46. The van der Waals surface area contributed by atoms with Gasteiger partial charge >= 0.3 is 0 Å². The van der Waals surface area contributed by atoms with Crippen LogP contribution in [0.25, 0.3) is 0 Å². The van der Waals surface area contributed by atoms with Crippen LogP contribution in [0.15, 0.2) is 0 Å². The number of hydrogen-bond acceptors (Lipinski definition) is 1. The molecule has 3 unspecified atom stereocenters. The quantitative estimate of drug-likeness (QED) is 0.604.